The Hall–Kier alpha value is -2.00. The van der Waals surface area contributed by atoms with Crippen molar-refractivity contribution in [2.75, 3.05) is 0 Å². The SMILES string of the molecule is O=C(/C=C/c1ccc(COc2cccc(Cl)c2)o1)C12CC3CC(CC(C3)C1)C2. The average molecular weight is 397 g/mol. The van der Waals surface area contributed by atoms with Gasteiger partial charge in [-0.1, -0.05) is 17.7 Å². The molecule has 2 aromatic rings. The maximum atomic E-state index is 13.1. The van der Waals surface area contributed by atoms with Gasteiger partial charge in [-0.25, -0.2) is 0 Å². The molecule has 28 heavy (non-hydrogen) atoms. The number of halogens is 1. The Bertz CT molecular complexity index is 875. The van der Waals surface area contributed by atoms with Crippen LogP contribution in [0.25, 0.3) is 6.08 Å². The second kappa shape index (κ2) is 7.11. The van der Waals surface area contributed by atoms with Crippen LogP contribution in [0.3, 0.4) is 0 Å². The molecule has 146 valence electrons. The van der Waals surface area contributed by atoms with Crippen LogP contribution in [0.1, 0.15) is 50.0 Å². The van der Waals surface area contributed by atoms with Crippen LogP contribution in [0.4, 0.5) is 0 Å². The monoisotopic (exact) mass is 396 g/mol. The molecule has 1 aromatic carbocycles. The summed E-state index contributed by atoms with van der Waals surface area (Å²) >= 11 is 5.97. The van der Waals surface area contributed by atoms with Gasteiger partial charge in [-0.05, 0) is 98.8 Å². The van der Waals surface area contributed by atoms with Crippen LogP contribution < -0.4 is 4.74 Å². The van der Waals surface area contributed by atoms with E-state index in [4.69, 9.17) is 20.8 Å². The van der Waals surface area contributed by atoms with E-state index in [0.29, 0.717) is 28.9 Å². The lowest BCUT2D eigenvalue weighted by Gasteiger charge is -2.55. The van der Waals surface area contributed by atoms with Crippen molar-refractivity contribution in [1.29, 1.82) is 0 Å². The zero-order valence-corrected chi connectivity index (χ0v) is 16.7. The van der Waals surface area contributed by atoms with Crippen molar-refractivity contribution in [2.45, 2.75) is 45.1 Å². The highest BCUT2D eigenvalue weighted by Crippen LogP contribution is 2.60. The fourth-order valence-electron chi connectivity index (χ4n) is 6.02. The molecule has 0 spiro atoms. The Labute approximate surface area is 170 Å². The molecule has 0 unspecified atom stereocenters. The number of hydrogen-bond acceptors (Lipinski definition) is 3. The van der Waals surface area contributed by atoms with Gasteiger partial charge in [0.1, 0.15) is 23.9 Å². The van der Waals surface area contributed by atoms with E-state index in [0.717, 1.165) is 42.8 Å². The first-order valence-corrected chi connectivity index (χ1v) is 10.7. The molecule has 0 radical (unpaired) electrons. The number of allylic oxidation sites excluding steroid dienone is 1. The summed E-state index contributed by atoms with van der Waals surface area (Å²) in [5, 5.41) is 0.642. The minimum atomic E-state index is -0.0869. The first-order valence-electron chi connectivity index (χ1n) is 10.3. The Kier molecular flexibility index (Phi) is 4.59. The molecule has 4 fully saturated rings. The predicted octanol–water partition coefficient (Wildman–Crippen LogP) is 6.31. The van der Waals surface area contributed by atoms with Gasteiger partial charge in [0.25, 0.3) is 0 Å². The molecule has 3 nitrogen and oxygen atoms in total. The van der Waals surface area contributed by atoms with E-state index in [9.17, 15) is 4.79 Å². The smallest absolute Gasteiger partial charge is 0.161 e. The van der Waals surface area contributed by atoms with Crippen LogP contribution in [0.2, 0.25) is 5.02 Å². The second-order valence-corrected chi connectivity index (χ2v) is 9.38. The Morgan fingerprint density at radius 3 is 2.50 bits per heavy atom. The van der Waals surface area contributed by atoms with Gasteiger partial charge in [0.05, 0.1) is 0 Å². The molecular formula is C24H25ClO3. The Morgan fingerprint density at radius 2 is 1.82 bits per heavy atom. The molecule has 6 rings (SSSR count). The standard InChI is InChI=1S/C24H25ClO3/c25-19-2-1-3-21(11-19)27-15-22-5-4-20(28-22)6-7-23(26)24-12-16-8-17(13-24)10-18(9-16)14-24/h1-7,11,16-18H,8-10,12-15H2/b7-6+. The molecule has 4 bridgehead atoms. The average Bonchev–Trinajstić information content (AvgIpc) is 3.11. The minimum absolute atomic E-state index is 0.0869. The van der Waals surface area contributed by atoms with E-state index < -0.39 is 0 Å². The van der Waals surface area contributed by atoms with Gasteiger partial charge >= 0.3 is 0 Å². The molecule has 4 aliphatic carbocycles. The summed E-state index contributed by atoms with van der Waals surface area (Å²) in [6, 6.07) is 11.1. The molecule has 4 heteroatoms. The summed E-state index contributed by atoms with van der Waals surface area (Å²) in [5.74, 6) is 4.77. The van der Waals surface area contributed by atoms with Crippen molar-refractivity contribution in [3.8, 4) is 5.75 Å². The first kappa shape index (κ1) is 18.1. The fraction of sp³-hybridized carbons (Fsp3) is 0.458. The van der Waals surface area contributed by atoms with Gasteiger partial charge in [0, 0.05) is 10.4 Å². The van der Waals surface area contributed by atoms with E-state index >= 15 is 0 Å². The lowest BCUT2D eigenvalue weighted by Crippen LogP contribution is -2.49. The molecule has 4 saturated carbocycles. The number of ketones is 1. The second-order valence-electron chi connectivity index (χ2n) is 8.95. The molecular weight excluding hydrogens is 372 g/mol. The minimum Gasteiger partial charge on any atom is -0.486 e. The summed E-state index contributed by atoms with van der Waals surface area (Å²) in [7, 11) is 0. The first-order chi connectivity index (χ1) is 13.6. The summed E-state index contributed by atoms with van der Waals surface area (Å²) in [5.41, 5.74) is -0.0869. The van der Waals surface area contributed by atoms with Crippen molar-refractivity contribution >= 4 is 23.5 Å². The molecule has 4 aliphatic rings. The zero-order chi connectivity index (χ0) is 19.1. The third kappa shape index (κ3) is 3.53. The number of rotatable bonds is 6. The largest absolute Gasteiger partial charge is 0.486 e. The van der Waals surface area contributed by atoms with Gasteiger partial charge in [-0.2, -0.15) is 0 Å². The Balaban J connectivity index is 1.22. The van der Waals surface area contributed by atoms with Crippen LogP contribution in [0.15, 0.2) is 46.9 Å². The number of carbonyl (C=O) groups excluding carboxylic acids is 1. The van der Waals surface area contributed by atoms with Crippen LogP contribution in [0.5, 0.6) is 5.75 Å². The van der Waals surface area contributed by atoms with Crippen LogP contribution in [0, 0.1) is 23.2 Å². The van der Waals surface area contributed by atoms with Crippen LogP contribution in [-0.4, -0.2) is 5.78 Å². The highest BCUT2D eigenvalue weighted by atomic mass is 35.5. The molecule has 0 atom stereocenters. The maximum Gasteiger partial charge on any atom is 0.161 e. The Morgan fingerprint density at radius 1 is 1.11 bits per heavy atom. The number of benzene rings is 1. The van der Waals surface area contributed by atoms with Gasteiger partial charge in [-0.3, -0.25) is 4.79 Å². The molecule has 0 amide bonds. The van der Waals surface area contributed by atoms with Crippen molar-refractivity contribution in [3.63, 3.8) is 0 Å². The number of carbonyl (C=O) groups is 1. The third-order valence-electron chi connectivity index (χ3n) is 6.82. The van der Waals surface area contributed by atoms with Gasteiger partial charge in [0.15, 0.2) is 5.78 Å². The summed E-state index contributed by atoms with van der Waals surface area (Å²) in [6.45, 7) is 0.330. The van der Waals surface area contributed by atoms with Gasteiger partial charge in [0.2, 0.25) is 0 Å². The number of ether oxygens (including phenoxy) is 1. The molecule has 1 heterocycles. The lowest BCUT2D eigenvalue weighted by molar-refractivity contribution is -0.138. The summed E-state index contributed by atoms with van der Waals surface area (Å²) in [4.78, 5) is 13.1. The summed E-state index contributed by atoms with van der Waals surface area (Å²) in [6.07, 6.45) is 10.9. The van der Waals surface area contributed by atoms with E-state index in [2.05, 4.69) is 0 Å². The third-order valence-corrected chi connectivity index (χ3v) is 7.05. The normalized spacial score (nSPS) is 30.8. The van der Waals surface area contributed by atoms with Crippen molar-refractivity contribution in [2.24, 2.45) is 23.2 Å². The molecule has 0 aliphatic heterocycles. The molecule has 1 aromatic heterocycles. The van der Waals surface area contributed by atoms with Crippen molar-refractivity contribution in [3.05, 3.63) is 59.0 Å². The maximum absolute atomic E-state index is 13.1. The molecule has 0 saturated heterocycles. The highest BCUT2D eigenvalue weighted by Gasteiger charge is 2.53. The van der Waals surface area contributed by atoms with E-state index in [1.165, 1.54) is 19.3 Å². The van der Waals surface area contributed by atoms with E-state index in [1.807, 2.05) is 36.4 Å². The molecule has 0 N–H and O–H groups in total. The number of furan rings is 1. The van der Waals surface area contributed by atoms with E-state index in [1.54, 1.807) is 12.1 Å². The van der Waals surface area contributed by atoms with Crippen molar-refractivity contribution < 1.29 is 13.9 Å². The quantitative estimate of drug-likeness (QED) is 0.537. The highest BCUT2D eigenvalue weighted by molar-refractivity contribution is 6.30. The van der Waals surface area contributed by atoms with E-state index in [-0.39, 0.29) is 5.41 Å². The fourth-order valence-corrected chi connectivity index (χ4v) is 6.20. The number of hydrogen-bond donors (Lipinski definition) is 0. The van der Waals surface area contributed by atoms with Crippen molar-refractivity contribution in [1.82, 2.24) is 0 Å². The zero-order valence-electron chi connectivity index (χ0n) is 15.9. The van der Waals surface area contributed by atoms with Gasteiger partial charge < -0.3 is 9.15 Å². The predicted molar refractivity (Wildman–Crippen MR) is 109 cm³/mol. The van der Waals surface area contributed by atoms with Crippen LogP contribution >= 0.6 is 11.6 Å². The van der Waals surface area contributed by atoms with Gasteiger partial charge in [-0.15, -0.1) is 0 Å². The lowest BCUT2D eigenvalue weighted by atomic mass is 9.48. The van der Waals surface area contributed by atoms with Crippen LogP contribution in [-0.2, 0) is 11.4 Å². The topological polar surface area (TPSA) is 39.4 Å². The summed E-state index contributed by atoms with van der Waals surface area (Å²) < 4.78 is 11.5.